The lowest BCUT2D eigenvalue weighted by Crippen LogP contribution is -2.36. The van der Waals surface area contributed by atoms with Crippen molar-refractivity contribution in [2.75, 3.05) is 11.4 Å². The smallest absolute Gasteiger partial charge is 0.239 e. The van der Waals surface area contributed by atoms with E-state index < -0.39 is 5.92 Å². The van der Waals surface area contributed by atoms with Gasteiger partial charge in [-0.25, -0.2) is 0 Å². The number of halogens is 1. The highest BCUT2D eigenvalue weighted by Gasteiger charge is 2.37. The van der Waals surface area contributed by atoms with Gasteiger partial charge in [-0.15, -0.1) is 0 Å². The molecule has 0 aliphatic carbocycles. The summed E-state index contributed by atoms with van der Waals surface area (Å²) >= 11 is 5.88. The van der Waals surface area contributed by atoms with E-state index in [2.05, 4.69) is 24.4 Å². The van der Waals surface area contributed by atoms with Crippen molar-refractivity contribution in [1.29, 1.82) is 0 Å². The lowest BCUT2D eigenvalue weighted by atomic mass is 10.1. The third-order valence-electron chi connectivity index (χ3n) is 4.56. The molecule has 0 aromatic heterocycles. The maximum atomic E-state index is 12.6. The zero-order chi connectivity index (χ0) is 17.8. The molecule has 1 atom stereocenters. The van der Waals surface area contributed by atoms with Gasteiger partial charge in [0.1, 0.15) is 5.92 Å². The number of rotatable bonds is 5. The Hall–Kier alpha value is -2.33. The molecular formula is C20H21ClN2O2. The minimum atomic E-state index is -0.620. The number of carbonyl (C=O) groups excluding carboxylic acids is 2. The second-order valence-corrected chi connectivity index (χ2v) is 6.63. The molecule has 25 heavy (non-hydrogen) atoms. The third kappa shape index (κ3) is 4.02. The SMILES string of the molecule is CCc1ccc(CNC(=O)[C@H]2CCN(c3ccc(Cl)cc3)C2=O)cc1. The summed E-state index contributed by atoms with van der Waals surface area (Å²) in [5.41, 5.74) is 3.07. The Bertz CT molecular complexity index is 756. The highest BCUT2D eigenvalue weighted by Crippen LogP contribution is 2.26. The maximum Gasteiger partial charge on any atom is 0.239 e. The minimum Gasteiger partial charge on any atom is -0.351 e. The second-order valence-electron chi connectivity index (χ2n) is 6.20. The molecule has 1 N–H and O–H groups in total. The Balaban J connectivity index is 1.59. The van der Waals surface area contributed by atoms with Crippen LogP contribution in [0.5, 0.6) is 0 Å². The van der Waals surface area contributed by atoms with Crippen LogP contribution in [-0.2, 0) is 22.6 Å². The van der Waals surface area contributed by atoms with Gasteiger partial charge in [0.25, 0.3) is 0 Å². The van der Waals surface area contributed by atoms with Gasteiger partial charge < -0.3 is 10.2 Å². The normalized spacial score (nSPS) is 17.0. The van der Waals surface area contributed by atoms with Crippen molar-refractivity contribution in [1.82, 2.24) is 5.32 Å². The van der Waals surface area contributed by atoms with E-state index in [1.807, 2.05) is 12.1 Å². The Morgan fingerprint density at radius 1 is 1.12 bits per heavy atom. The largest absolute Gasteiger partial charge is 0.351 e. The first-order valence-electron chi connectivity index (χ1n) is 8.51. The quantitative estimate of drug-likeness (QED) is 0.832. The molecule has 130 valence electrons. The molecule has 2 aromatic rings. The van der Waals surface area contributed by atoms with Crippen LogP contribution in [0.1, 0.15) is 24.5 Å². The summed E-state index contributed by atoms with van der Waals surface area (Å²) in [4.78, 5) is 26.6. The Kier molecular flexibility index (Phi) is 5.39. The number of amides is 2. The van der Waals surface area contributed by atoms with Crippen molar-refractivity contribution in [3.05, 3.63) is 64.7 Å². The number of nitrogens with zero attached hydrogens (tertiary/aromatic N) is 1. The van der Waals surface area contributed by atoms with E-state index in [9.17, 15) is 9.59 Å². The predicted molar refractivity (Wildman–Crippen MR) is 99.6 cm³/mol. The van der Waals surface area contributed by atoms with Crippen LogP contribution in [0.25, 0.3) is 0 Å². The number of hydrogen-bond acceptors (Lipinski definition) is 2. The number of hydrogen-bond donors (Lipinski definition) is 1. The van der Waals surface area contributed by atoms with Crippen LogP contribution in [-0.4, -0.2) is 18.4 Å². The molecule has 2 amide bonds. The Labute approximate surface area is 152 Å². The standard InChI is InChI=1S/C20H21ClN2O2/c1-2-14-3-5-15(6-4-14)13-22-19(24)18-11-12-23(20(18)25)17-9-7-16(21)8-10-17/h3-10,18H,2,11-13H2,1H3,(H,22,24)/t18-/m1/s1. The van der Waals surface area contributed by atoms with Crippen LogP contribution < -0.4 is 10.2 Å². The summed E-state index contributed by atoms with van der Waals surface area (Å²) in [6.45, 7) is 3.09. The number of benzene rings is 2. The van der Waals surface area contributed by atoms with Crippen molar-refractivity contribution in [2.45, 2.75) is 26.3 Å². The topological polar surface area (TPSA) is 49.4 Å². The Morgan fingerprint density at radius 2 is 1.76 bits per heavy atom. The molecule has 0 saturated carbocycles. The summed E-state index contributed by atoms with van der Waals surface area (Å²) in [5.74, 6) is -0.979. The molecule has 1 saturated heterocycles. The first-order chi connectivity index (χ1) is 12.1. The van der Waals surface area contributed by atoms with Crippen LogP contribution in [0.2, 0.25) is 5.02 Å². The maximum absolute atomic E-state index is 12.6. The fourth-order valence-corrected chi connectivity index (χ4v) is 3.13. The van der Waals surface area contributed by atoms with E-state index in [0.29, 0.717) is 24.5 Å². The van der Waals surface area contributed by atoms with Gasteiger partial charge in [-0.3, -0.25) is 9.59 Å². The monoisotopic (exact) mass is 356 g/mol. The van der Waals surface area contributed by atoms with Gasteiger partial charge >= 0.3 is 0 Å². The zero-order valence-electron chi connectivity index (χ0n) is 14.2. The number of anilines is 1. The van der Waals surface area contributed by atoms with Crippen LogP contribution in [0.15, 0.2) is 48.5 Å². The van der Waals surface area contributed by atoms with Gasteiger partial charge in [0, 0.05) is 23.8 Å². The van der Waals surface area contributed by atoms with E-state index >= 15 is 0 Å². The van der Waals surface area contributed by atoms with E-state index in [1.165, 1.54) is 5.56 Å². The summed E-state index contributed by atoms with van der Waals surface area (Å²) < 4.78 is 0. The fourth-order valence-electron chi connectivity index (χ4n) is 3.01. The van der Waals surface area contributed by atoms with E-state index in [-0.39, 0.29) is 11.8 Å². The average molecular weight is 357 g/mol. The molecular weight excluding hydrogens is 336 g/mol. The van der Waals surface area contributed by atoms with Crippen LogP contribution >= 0.6 is 11.6 Å². The highest BCUT2D eigenvalue weighted by molar-refractivity contribution is 6.30. The number of carbonyl (C=O) groups is 2. The average Bonchev–Trinajstić information content (AvgIpc) is 3.02. The van der Waals surface area contributed by atoms with E-state index in [1.54, 1.807) is 29.2 Å². The van der Waals surface area contributed by atoms with Crippen molar-refractivity contribution < 1.29 is 9.59 Å². The molecule has 1 heterocycles. The number of nitrogens with one attached hydrogen (secondary N) is 1. The predicted octanol–water partition coefficient (Wildman–Crippen LogP) is 3.57. The van der Waals surface area contributed by atoms with Crippen molar-refractivity contribution in [3.63, 3.8) is 0 Å². The molecule has 3 rings (SSSR count). The van der Waals surface area contributed by atoms with Crippen LogP contribution in [0.3, 0.4) is 0 Å². The van der Waals surface area contributed by atoms with Crippen LogP contribution in [0, 0.1) is 5.92 Å². The number of aryl methyl sites for hydroxylation is 1. The molecule has 2 aromatic carbocycles. The van der Waals surface area contributed by atoms with Gasteiger partial charge in [0.2, 0.25) is 11.8 Å². The molecule has 1 aliphatic rings. The second kappa shape index (κ2) is 7.70. The van der Waals surface area contributed by atoms with E-state index in [4.69, 9.17) is 11.6 Å². The molecule has 0 radical (unpaired) electrons. The van der Waals surface area contributed by atoms with Gasteiger partial charge in [-0.05, 0) is 48.2 Å². The fraction of sp³-hybridized carbons (Fsp3) is 0.300. The highest BCUT2D eigenvalue weighted by atomic mass is 35.5. The third-order valence-corrected chi connectivity index (χ3v) is 4.81. The van der Waals surface area contributed by atoms with Crippen molar-refractivity contribution in [3.8, 4) is 0 Å². The molecule has 5 heteroatoms. The first kappa shape index (κ1) is 17.5. The summed E-state index contributed by atoms with van der Waals surface area (Å²) in [5, 5.41) is 3.51. The van der Waals surface area contributed by atoms with Crippen molar-refractivity contribution >= 4 is 29.1 Å². The van der Waals surface area contributed by atoms with Crippen LogP contribution in [0.4, 0.5) is 5.69 Å². The molecule has 0 bridgehead atoms. The van der Waals surface area contributed by atoms with Gasteiger partial charge in [-0.1, -0.05) is 42.8 Å². The molecule has 1 fully saturated rings. The van der Waals surface area contributed by atoms with Gasteiger partial charge in [-0.2, -0.15) is 0 Å². The molecule has 0 unspecified atom stereocenters. The summed E-state index contributed by atoms with van der Waals surface area (Å²) in [6, 6.07) is 15.2. The van der Waals surface area contributed by atoms with E-state index in [0.717, 1.165) is 17.7 Å². The van der Waals surface area contributed by atoms with Crippen molar-refractivity contribution in [2.24, 2.45) is 5.92 Å². The first-order valence-corrected chi connectivity index (χ1v) is 8.88. The molecule has 0 spiro atoms. The summed E-state index contributed by atoms with van der Waals surface area (Å²) in [7, 11) is 0. The Morgan fingerprint density at radius 3 is 2.40 bits per heavy atom. The minimum absolute atomic E-state index is 0.152. The van der Waals surface area contributed by atoms with Gasteiger partial charge in [0.05, 0.1) is 0 Å². The lowest BCUT2D eigenvalue weighted by molar-refractivity contribution is -0.132. The molecule has 1 aliphatic heterocycles. The molecule has 4 nitrogen and oxygen atoms in total. The summed E-state index contributed by atoms with van der Waals surface area (Å²) in [6.07, 6.45) is 1.52. The zero-order valence-corrected chi connectivity index (χ0v) is 14.9. The van der Waals surface area contributed by atoms with Gasteiger partial charge in [0.15, 0.2) is 0 Å². The lowest BCUT2D eigenvalue weighted by Gasteiger charge is -2.17.